The van der Waals surface area contributed by atoms with E-state index in [4.69, 9.17) is 16.3 Å². The Balaban J connectivity index is 1.83. The SMILES string of the molecule is CCOc1ccc(N(CCCC(=O)N(Cc2ccccc2Cl)[C@H](Cc2ccccc2)C(=O)NC)S(C)(=O)=O)cc1. The largest absolute Gasteiger partial charge is 0.494 e. The van der Waals surface area contributed by atoms with Crippen LogP contribution in [0, 0.1) is 0 Å². The zero-order chi connectivity index (χ0) is 29.1. The lowest BCUT2D eigenvalue weighted by Crippen LogP contribution is -2.49. The van der Waals surface area contributed by atoms with Gasteiger partial charge in [0.1, 0.15) is 11.8 Å². The fraction of sp³-hybridized carbons (Fsp3) is 0.333. The van der Waals surface area contributed by atoms with E-state index in [0.29, 0.717) is 35.1 Å². The van der Waals surface area contributed by atoms with E-state index in [9.17, 15) is 18.0 Å². The molecule has 0 aliphatic heterocycles. The number of ether oxygens (including phenoxy) is 1. The topological polar surface area (TPSA) is 96.0 Å². The third-order valence-electron chi connectivity index (χ3n) is 6.40. The summed E-state index contributed by atoms with van der Waals surface area (Å²) in [4.78, 5) is 28.3. The Hall–Kier alpha value is -3.56. The molecular formula is C30H36ClN3O5S. The Labute approximate surface area is 241 Å². The summed E-state index contributed by atoms with van der Waals surface area (Å²) in [6, 6.07) is 22.7. The van der Waals surface area contributed by atoms with Crippen LogP contribution in [0.1, 0.15) is 30.9 Å². The summed E-state index contributed by atoms with van der Waals surface area (Å²) in [5.41, 5.74) is 2.11. The Morgan fingerprint density at radius 2 is 1.62 bits per heavy atom. The summed E-state index contributed by atoms with van der Waals surface area (Å²) in [5.74, 6) is 0.0738. The van der Waals surface area contributed by atoms with Crippen molar-refractivity contribution in [1.82, 2.24) is 10.2 Å². The molecular weight excluding hydrogens is 550 g/mol. The Morgan fingerprint density at radius 3 is 2.23 bits per heavy atom. The molecule has 0 fully saturated rings. The maximum absolute atomic E-state index is 13.7. The Kier molecular flexibility index (Phi) is 11.4. The molecule has 2 amide bonds. The first-order valence-corrected chi connectivity index (χ1v) is 15.4. The molecule has 0 heterocycles. The number of likely N-dealkylation sites (N-methyl/N-ethyl adjacent to an activating group) is 1. The lowest BCUT2D eigenvalue weighted by molar-refractivity contribution is -0.141. The second-order valence-corrected chi connectivity index (χ2v) is 11.6. The average Bonchev–Trinajstić information content (AvgIpc) is 2.94. The summed E-state index contributed by atoms with van der Waals surface area (Å²) < 4.78 is 31.9. The molecule has 0 spiro atoms. The van der Waals surface area contributed by atoms with Gasteiger partial charge in [-0.2, -0.15) is 0 Å². The maximum Gasteiger partial charge on any atom is 0.242 e. The highest BCUT2D eigenvalue weighted by Gasteiger charge is 2.30. The molecule has 1 N–H and O–H groups in total. The molecule has 3 aromatic rings. The number of amides is 2. The van der Waals surface area contributed by atoms with Gasteiger partial charge in [-0.15, -0.1) is 0 Å². The highest BCUT2D eigenvalue weighted by atomic mass is 35.5. The molecule has 214 valence electrons. The number of sulfonamides is 1. The highest BCUT2D eigenvalue weighted by Crippen LogP contribution is 2.24. The van der Waals surface area contributed by atoms with E-state index in [-0.39, 0.29) is 37.7 Å². The molecule has 0 saturated carbocycles. The quantitative estimate of drug-likeness (QED) is 0.297. The number of nitrogens with zero attached hydrogens (tertiary/aromatic N) is 2. The minimum absolute atomic E-state index is 0.0375. The first-order valence-electron chi connectivity index (χ1n) is 13.1. The smallest absolute Gasteiger partial charge is 0.242 e. The van der Waals surface area contributed by atoms with Crippen LogP contribution in [0.15, 0.2) is 78.9 Å². The number of halogens is 1. The molecule has 0 aromatic heterocycles. The zero-order valence-corrected chi connectivity index (χ0v) is 24.6. The van der Waals surface area contributed by atoms with Crippen molar-refractivity contribution in [3.05, 3.63) is 95.0 Å². The first kappa shape index (κ1) is 31.0. The van der Waals surface area contributed by atoms with Gasteiger partial charge in [0.05, 0.1) is 18.6 Å². The van der Waals surface area contributed by atoms with E-state index in [1.807, 2.05) is 49.4 Å². The van der Waals surface area contributed by atoms with Crippen molar-refractivity contribution in [3.63, 3.8) is 0 Å². The Morgan fingerprint density at radius 1 is 0.975 bits per heavy atom. The van der Waals surface area contributed by atoms with Crippen LogP contribution in [0.2, 0.25) is 5.02 Å². The number of nitrogens with one attached hydrogen (secondary N) is 1. The van der Waals surface area contributed by atoms with Crippen LogP contribution in [0.3, 0.4) is 0 Å². The van der Waals surface area contributed by atoms with E-state index in [1.165, 1.54) is 9.21 Å². The van der Waals surface area contributed by atoms with Crippen LogP contribution in [-0.4, -0.2) is 57.6 Å². The molecule has 0 bridgehead atoms. The normalized spacial score (nSPS) is 11.9. The molecule has 3 rings (SSSR count). The molecule has 10 heteroatoms. The second-order valence-electron chi connectivity index (χ2n) is 9.30. The number of hydrogen-bond acceptors (Lipinski definition) is 5. The van der Waals surface area contributed by atoms with Gasteiger partial charge in [0.2, 0.25) is 21.8 Å². The number of carbonyl (C=O) groups is 2. The van der Waals surface area contributed by atoms with E-state index in [2.05, 4.69) is 5.32 Å². The van der Waals surface area contributed by atoms with Gasteiger partial charge in [-0.25, -0.2) is 8.42 Å². The highest BCUT2D eigenvalue weighted by molar-refractivity contribution is 7.92. The molecule has 0 unspecified atom stereocenters. The summed E-state index contributed by atoms with van der Waals surface area (Å²) >= 11 is 6.43. The van der Waals surface area contributed by atoms with Crippen molar-refractivity contribution >= 4 is 39.1 Å². The summed E-state index contributed by atoms with van der Waals surface area (Å²) in [7, 11) is -2.06. The molecule has 0 radical (unpaired) electrons. The fourth-order valence-electron chi connectivity index (χ4n) is 4.41. The molecule has 40 heavy (non-hydrogen) atoms. The predicted octanol–water partition coefficient (Wildman–Crippen LogP) is 4.67. The third kappa shape index (κ3) is 8.72. The summed E-state index contributed by atoms with van der Waals surface area (Å²) in [6.45, 7) is 2.61. The van der Waals surface area contributed by atoms with Crippen molar-refractivity contribution in [2.24, 2.45) is 0 Å². The standard InChI is InChI=1S/C30H36ClN3O5S/c1-4-39-26-18-16-25(17-19-26)34(40(3,37)38)20-10-15-29(35)33(22-24-13-8-9-14-27(24)31)28(30(36)32-2)21-23-11-6-5-7-12-23/h5-9,11-14,16-19,28H,4,10,15,20-22H2,1-3H3,(H,32,36)/t28-/m1/s1. The molecule has 0 saturated heterocycles. The minimum atomic E-state index is -3.60. The molecule has 1 atom stereocenters. The average molecular weight is 586 g/mol. The van der Waals surface area contributed by atoms with Gasteiger partial charge in [-0.1, -0.05) is 60.1 Å². The monoisotopic (exact) mass is 585 g/mol. The maximum atomic E-state index is 13.7. The van der Waals surface area contributed by atoms with Crippen LogP contribution < -0.4 is 14.4 Å². The van der Waals surface area contributed by atoms with Crippen LogP contribution in [0.25, 0.3) is 0 Å². The second kappa shape index (κ2) is 14.7. The van der Waals surface area contributed by atoms with Gasteiger partial charge in [0.25, 0.3) is 0 Å². The van der Waals surface area contributed by atoms with Crippen molar-refractivity contribution in [1.29, 1.82) is 0 Å². The number of rotatable bonds is 14. The lowest BCUT2D eigenvalue weighted by Gasteiger charge is -2.32. The number of hydrogen-bond donors (Lipinski definition) is 1. The fourth-order valence-corrected chi connectivity index (χ4v) is 5.57. The van der Waals surface area contributed by atoms with Gasteiger partial charge in [-0.05, 0) is 54.8 Å². The number of anilines is 1. The van der Waals surface area contributed by atoms with Crippen molar-refractivity contribution < 1.29 is 22.7 Å². The van der Waals surface area contributed by atoms with Gasteiger partial charge in [0, 0.05) is 38.0 Å². The van der Waals surface area contributed by atoms with Gasteiger partial charge < -0.3 is 15.0 Å². The summed E-state index contributed by atoms with van der Waals surface area (Å²) in [5, 5.41) is 3.18. The lowest BCUT2D eigenvalue weighted by atomic mass is 10.0. The molecule has 8 nitrogen and oxygen atoms in total. The Bertz CT molecular complexity index is 1370. The van der Waals surface area contributed by atoms with Crippen molar-refractivity contribution in [2.75, 3.05) is 30.8 Å². The van der Waals surface area contributed by atoms with E-state index in [0.717, 1.165) is 11.8 Å². The van der Waals surface area contributed by atoms with Gasteiger partial charge in [-0.3, -0.25) is 13.9 Å². The predicted molar refractivity (Wildman–Crippen MR) is 159 cm³/mol. The van der Waals surface area contributed by atoms with E-state index >= 15 is 0 Å². The van der Waals surface area contributed by atoms with Crippen LogP contribution in [0.4, 0.5) is 5.69 Å². The van der Waals surface area contributed by atoms with Crippen LogP contribution in [-0.2, 0) is 32.6 Å². The van der Waals surface area contributed by atoms with Gasteiger partial charge >= 0.3 is 0 Å². The van der Waals surface area contributed by atoms with Crippen LogP contribution >= 0.6 is 11.6 Å². The van der Waals surface area contributed by atoms with E-state index < -0.39 is 16.1 Å². The number of carbonyl (C=O) groups excluding carboxylic acids is 2. The molecule has 0 aliphatic rings. The summed E-state index contributed by atoms with van der Waals surface area (Å²) in [6.07, 6.45) is 1.74. The molecule has 0 aliphatic carbocycles. The van der Waals surface area contributed by atoms with Crippen molar-refractivity contribution in [3.8, 4) is 5.75 Å². The van der Waals surface area contributed by atoms with E-state index in [1.54, 1.807) is 43.4 Å². The van der Waals surface area contributed by atoms with Crippen molar-refractivity contribution in [2.45, 2.75) is 38.8 Å². The molecule has 3 aromatic carbocycles. The van der Waals surface area contributed by atoms with Crippen LogP contribution in [0.5, 0.6) is 5.75 Å². The number of benzene rings is 3. The van der Waals surface area contributed by atoms with Gasteiger partial charge in [0.15, 0.2) is 0 Å². The third-order valence-corrected chi connectivity index (χ3v) is 7.97. The minimum Gasteiger partial charge on any atom is -0.494 e. The zero-order valence-electron chi connectivity index (χ0n) is 23.0. The first-order chi connectivity index (χ1) is 19.1.